The lowest BCUT2D eigenvalue weighted by atomic mass is 9.92. The first-order valence-corrected chi connectivity index (χ1v) is 6.98. The quantitative estimate of drug-likeness (QED) is 0.917. The molecule has 1 aliphatic rings. The second kappa shape index (κ2) is 5.57. The third-order valence-electron chi connectivity index (χ3n) is 3.87. The third-order valence-corrected chi connectivity index (χ3v) is 3.87. The Balaban J connectivity index is 1.80. The van der Waals surface area contributed by atoms with Gasteiger partial charge in [0.05, 0.1) is 12.6 Å². The number of hydrogen-bond donors (Lipinski definition) is 1. The molecule has 2 heterocycles. The van der Waals surface area contributed by atoms with E-state index in [1.54, 1.807) is 7.11 Å². The van der Waals surface area contributed by atoms with Crippen LogP contribution in [0.5, 0.6) is 5.75 Å². The van der Waals surface area contributed by atoms with Crippen molar-refractivity contribution in [3.63, 3.8) is 0 Å². The maximum atomic E-state index is 5.23. The van der Waals surface area contributed by atoms with Crippen molar-refractivity contribution in [3.8, 4) is 5.75 Å². The number of nitrogens with zero attached hydrogens (tertiary/aromatic N) is 1. The molecule has 1 aromatic heterocycles. The number of nitrogens with one attached hydrogen (secondary N) is 1. The summed E-state index contributed by atoms with van der Waals surface area (Å²) in [5, 5.41) is 4.67. The van der Waals surface area contributed by atoms with Gasteiger partial charge in [-0.2, -0.15) is 0 Å². The van der Waals surface area contributed by atoms with Gasteiger partial charge >= 0.3 is 0 Å². The van der Waals surface area contributed by atoms with Crippen LogP contribution in [0.15, 0.2) is 30.5 Å². The molecule has 1 saturated heterocycles. The molecule has 0 bridgehead atoms. The first-order chi connectivity index (χ1) is 9.35. The molecule has 1 aromatic carbocycles. The fourth-order valence-electron chi connectivity index (χ4n) is 2.82. The molecular formula is C16H20N2O. The highest BCUT2D eigenvalue weighted by molar-refractivity contribution is 5.80. The zero-order chi connectivity index (χ0) is 13.1. The van der Waals surface area contributed by atoms with Crippen molar-refractivity contribution in [3.05, 3.63) is 36.0 Å². The first kappa shape index (κ1) is 12.4. The fraction of sp³-hybridized carbons (Fsp3) is 0.438. The van der Waals surface area contributed by atoms with E-state index >= 15 is 0 Å². The Kier molecular flexibility index (Phi) is 3.65. The van der Waals surface area contributed by atoms with Gasteiger partial charge in [-0.15, -0.1) is 0 Å². The highest BCUT2D eigenvalue weighted by Crippen LogP contribution is 2.22. The van der Waals surface area contributed by atoms with Crippen LogP contribution in [0.1, 0.15) is 18.4 Å². The van der Waals surface area contributed by atoms with Crippen LogP contribution < -0.4 is 10.1 Å². The van der Waals surface area contributed by atoms with Gasteiger partial charge in [0.15, 0.2) is 0 Å². The Bertz CT molecular complexity index is 562. The lowest BCUT2D eigenvalue weighted by Gasteiger charge is -2.22. The predicted molar refractivity (Wildman–Crippen MR) is 77.6 cm³/mol. The predicted octanol–water partition coefficient (Wildman–Crippen LogP) is 2.79. The zero-order valence-corrected chi connectivity index (χ0v) is 11.4. The van der Waals surface area contributed by atoms with E-state index < -0.39 is 0 Å². The molecule has 1 fully saturated rings. The fourth-order valence-corrected chi connectivity index (χ4v) is 2.82. The highest BCUT2D eigenvalue weighted by Gasteiger charge is 2.13. The van der Waals surface area contributed by atoms with Crippen molar-refractivity contribution in [1.82, 2.24) is 10.3 Å². The Morgan fingerprint density at radius 1 is 1.37 bits per heavy atom. The van der Waals surface area contributed by atoms with E-state index in [9.17, 15) is 0 Å². The van der Waals surface area contributed by atoms with Crippen LogP contribution in [0, 0.1) is 5.92 Å². The zero-order valence-electron chi connectivity index (χ0n) is 11.4. The van der Waals surface area contributed by atoms with Gasteiger partial charge in [0, 0.05) is 17.6 Å². The summed E-state index contributed by atoms with van der Waals surface area (Å²) < 4.78 is 5.23. The summed E-state index contributed by atoms with van der Waals surface area (Å²) in [5.74, 6) is 1.62. The van der Waals surface area contributed by atoms with Gasteiger partial charge in [0.2, 0.25) is 0 Å². The molecule has 19 heavy (non-hydrogen) atoms. The number of ether oxygens (including phenoxy) is 1. The monoisotopic (exact) mass is 256 g/mol. The minimum absolute atomic E-state index is 0.756. The third kappa shape index (κ3) is 2.87. The van der Waals surface area contributed by atoms with Crippen LogP contribution in [0.25, 0.3) is 10.9 Å². The van der Waals surface area contributed by atoms with Crippen molar-refractivity contribution in [2.45, 2.75) is 19.3 Å². The molecule has 1 unspecified atom stereocenters. The SMILES string of the molecule is COc1ccc2cc(CC3CCCNC3)cnc2c1. The standard InChI is InChI=1S/C16H20N2O/c1-19-15-5-4-14-8-13(11-18-16(14)9-15)7-12-3-2-6-17-10-12/h4-5,8-9,11-12,17H,2-3,6-7,10H2,1H3. The number of hydrogen-bond acceptors (Lipinski definition) is 3. The minimum atomic E-state index is 0.756. The van der Waals surface area contributed by atoms with Crippen molar-refractivity contribution >= 4 is 10.9 Å². The topological polar surface area (TPSA) is 34.1 Å². The van der Waals surface area contributed by atoms with E-state index in [4.69, 9.17) is 4.74 Å². The minimum Gasteiger partial charge on any atom is -0.497 e. The van der Waals surface area contributed by atoms with Crippen LogP contribution in [-0.2, 0) is 6.42 Å². The van der Waals surface area contributed by atoms with Gasteiger partial charge in [-0.1, -0.05) is 0 Å². The summed E-state index contributed by atoms with van der Waals surface area (Å²) in [4.78, 5) is 4.55. The van der Waals surface area contributed by atoms with Crippen LogP contribution >= 0.6 is 0 Å². The Labute approximate surface area is 114 Å². The van der Waals surface area contributed by atoms with Gasteiger partial charge in [-0.3, -0.25) is 4.98 Å². The molecule has 0 aliphatic carbocycles. The van der Waals surface area contributed by atoms with Crippen molar-refractivity contribution in [2.75, 3.05) is 20.2 Å². The number of pyridine rings is 1. The van der Waals surface area contributed by atoms with Crippen molar-refractivity contribution < 1.29 is 4.74 Å². The van der Waals surface area contributed by atoms with Crippen LogP contribution in [0.3, 0.4) is 0 Å². The molecular weight excluding hydrogens is 236 g/mol. The molecule has 1 atom stereocenters. The van der Waals surface area contributed by atoms with Crippen LogP contribution in [0.2, 0.25) is 0 Å². The second-order valence-corrected chi connectivity index (χ2v) is 5.32. The van der Waals surface area contributed by atoms with Gasteiger partial charge in [-0.25, -0.2) is 0 Å². The maximum Gasteiger partial charge on any atom is 0.121 e. The van der Waals surface area contributed by atoms with Crippen molar-refractivity contribution in [2.24, 2.45) is 5.92 Å². The lowest BCUT2D eigenvalue weighted by Crippen LogP contribution is -2.30. The van der Waals surface area contributed by atoms with Crippen molar-refractivity contribution in [1.29, 1.82) is 0 Å². The molecule has 1 aliphatic heterocycles. The number of benzene rings is 1. The molecule has 1 N–H and O–H groups in total. The summed E-state index contributed by atoms with van der Waals surface area (Å²) in [6, 6.07) is 8.33. The lowest BCUT2D eigenvalue weighted by molar-refractivity contribution is 0.376. The van der Waals surface area contributed by atoms with Crippen LogP contribution in [0.4, 0.5) is 0 Å². The highest BCUT2D eigenvalue weighted by atomic mass is 16.5. The molecule has 0 saturated carbocycles. The van der Waals surface area contributed by atoms with E-state index in [2.05, 4.69) is 22.4 Å². The number of fused-ring (bicyclic) bond motifs is 1. The molecule has 0 radical (unpaired) electrons. The van der Waals surface area contributed by atoms with E-state index in [0.29, 0.717) is 0 Å². The average molecular weight is 256 g/mol. The molecule has 100 valence electrons. The van der Waals surface area contributed by atoms with E-state index in [0.717, 1.165) is 30.1 Å². The summed E-state index contributed by atoms with van der Waals surface area (Å²) in [6.45, 7) is 2.31. The molecule has 3 rings (SSSR count). The molecule has 3 nitrogen and oxygen atoms in total. The Morgan fingerprint density at radius 2 is 2.32 bits per heavy atom. The van der Waals surface area contributed by atoms with E-state index in [1.165, 1.54) is 30.3 Å². The number of aromatic nitrogens is 1. The number of piperidine rings is 1. The Morgan fingerprint density at radius 3 is 3.11 bits per heavy atom. The Hall–Kier alpha value is -1.61. The van der Waals surface area contributed by atoms with Gasteiger partial charge < -0.3 is 10.1 Å². The first-order valence-electron chi connectivity index (χ1n) is 6.98. The van der Waals surface area contributed by atoms with Crippen LogP contribution in [-0.4, -0.2) is 25.2 Å². The van der Waals surface area contributed by atoms with Gasteiger partial charge in [0.25, 0.3) is 0 Å². The largest absolute Gasteiger partial charge is 0.497 e. The van der Waals surface area contributed by atoms with Gasteiger partial charge in [0.1, 0.15) is 5.75 Å². The maximum absolute atomic E-state index is 5.23. The normalized spacial score (nSPS) is 19.5. The summed E-state index contributed by atoms with van der Waals surface area (Å²) in [5.41, 5.74) is 2.34. The summed E-state index contributed by atoms with van der Waals surface area (Å²) in [6.07, 6.45) is 5.76. The number of methoxy groups -OCH3 is 1. The summed E-state index contributed by atoms with van der Waals surface area (Å²) >= 11 is 0. The molecule has 0 amide bonds. The summed E-state index contributed by atoms with van der Waals surface area (Å²) in [7, 11) is 1.69. The smallest absolute Gasteiger partial charge is 0.121 e. The van der Waals surface area contributed by atoms with Gasteiger partial charge in [-0.05, 0) is 62.0 Å². The molecule has 3 heteroatoms. The van der Waals surface area contributed by atoms with E-state index in [-0.39, 0.29) is 0 Å². The molecule has 2 aromatic rings. The number of rotatable bonds is 3. The second-order valence-electron chi connectivity index (χ2n) is 5.32. The molecule has 0 spiro atoms. The average Bonchev–Trinajstić information content (AvgIpc) is 2.48. The van der Waals surface area contributed by atoms with E-state index in [1.807, 2.05) is 18.3 Å².